The Labute approximate surface area is 119 Å². The first-order chi connectivity index (χ1) is 9.63. The number of hydrogen-bond acceptors (Lipinski definition) is 3. The molecule has 0 saturated heterocycles. The second kappa shape index (κ2) is 6.23. The van der Waals surface area contributed by atoms with E-state index in [1.807, 2.05) is 49.0 Å². The molecule has 0 saturated carbocycles. The van der Waals surface area contributed by atoms with Crippen molar-refractivity contribution in [2.75, 3.05) is 18.9 Å². The van der Waals surface area contributed by atoms with E-state index in [1.54, 1.807) is 18.1 Å². The molecule has 2 rings (SSSR count). The quantitative estimate of drug-likeness (QED) is 0.907. The maximum atomic E-state index is 12.5. The number of aryl methyl sites for hydroxylation is 1. The second-order valence-electron chi connectivity index (χ2n) is 4.69. The lowest BCUT2D eigenvalue weighted by Gasteiger charge is -2.19. The summed E-state index contributed by atoms with van der Waals surface area (Å²) in [5.41, 5.74) is 1.55. The minimum absolute atomic E-state index is 0.00968. The topological polar surface area (TPSA) is 50.2 Å². The second-order valence-corrected chi connectivity index (χ2v) is 4.69. The zero-order chi connectivity index (χ0) is 14.5. The lowest BCUT2D eigenvalue weighted by molar-refractivity contribution is 0.0781. The molecule has 0 bridgehead atoms. The van der Waals surface area contributed by atoms with Gasteiger partial charge in [-0.2, -0.15) is 0 Å². The Morgan fingerprint density at radius 1 is 1.40 bits per heavy atom. The molecule has 1 N–H and O–H groups in total. The van der Waals surface area contributed by atoms with E-state index in [4.69, 9.17) is 0 Å². The summed E-state index contributed by atoms with van der Waals surface area (Å²) in [7, 11) is 3.72. The fourth-order valence-corrected chi connectivity index (χ4v) is 2.05. The van der Waals surface area contributed by atoms with Crippen molar-refractivity contribution < 1.29 is 4.79 Å². The molecule has 0 unspecified atom stereocenters. The monoisotopic (exact) mass is 272 g/mol. The van der Waals surface area contributed by atoms with Crippen LogP contribution in [0.3, 0.4) is 0 Å². The van der Waals surface area contributed by atoms with Crippen LogP contribution in [-0.2, 0) is 13.6 Å². The van der Waals surface area contributed by atoms with E-state index in [9.17, 15) is 4.79 Å². The fraction of sp³-hybridized carbons (Fsp3) is 0.333. The molecular formula is C15H20N4O. The first-order valence-electron chi connectivity index (χ1n) is 6.68. The fourth-order valence-electron chi connectivity index (χ4n) is 2.05. The summed E-state index contributed by atoms with van der Waals surface area (Å²) >= 11 is 0. The minimum Gasteiger partial charge on any atom is -0.385 e. The van der Waals surface area contributed by atoms with Crippen LogP contribution in [0.4, 0.5) is 5.69 Å². The van der Waals surface area contributed by atoms with Crippen LogP contribution >= 0.6 is 0 Å². The van der Waals surface area contributed by atoms with Crippen molar-refractivity contribution in [3.05, 3.63) is 48.0 Å². The Bertz CT molecular complexity index is 591. The Hall–Kier alpha value is -2.30. The van der Waals surface area contributed by atoms with Gasteiger partial charge in [-0.1, -0.05) is 12.1 Å². The maximum absolute atomic E-state index is 12.5. The lowest BCUT2D eigenvalue weighted by atomic mass is 10.1. The van der Waals surface area contributed by atoms with Crippen LogP contribution in [0.15, 0.2) is 36.7 Å². The Morgan fingerprint density at radius 2 is 2.15 bits per heavy atom. The molecule has 1 amide bonds. The number of anilines is 1. The first kappa shape index (κ1) is 14.1. The van der Waals surface area contributed by atoms with Crippen LogP contribution in [0.1, 0.15) is 23.1 Å². The third kappa shape index (κ3) is 2.99. The largest absolute Gasteiger partial charge is 0.385 e. The van der Waals surface area contributed by atoms with E-state index < -0.39 is 0 Å². The van der Waals surface area contributed by atoms with Crippen LogP contribution in [0, 0.1) is 0 Å². The summed E-state index contributed by atoms with van der Waals surface area (Å²) in [5.74, 6) is 0.853. The molecule has 1 heterocycles. The zero-order valence-electron chi connectivity index (χ0n) is 12.1. The van der Waals surface area contributed by atoms with Crippen molar-refractivity contribution in [3.8, 4) is 0 Å². The van der Waals surface area contributed by atoms with Crippen molar-refractivity contribution in [2.24, 2.45) is 7.05 Å². The van der Waals surface area contributed by atoms with Crippen LogP contribution in [-0.4, -0.2) is 34.0 Å². The Kier molecular flexibility index (Phi) is 4.40. The van der Waals surface area contributed by atoms with Crippen molar-refractivity contribution in [1.82, 2.24) is 14.5 Å². The summed E-state index contributed by atoms with van der Waals surface area (Å²) in [5, 5.41) is 3.21. The molecule has 106 valence electrons. The number of nitrogens with one attached hydrogen (secondary N) is 1. The van der Waals surface area contributed by atoms with Gasteiger partial charge in [-0.05, 0) is 19.1 Å². The average molecular weight is 272 g/mol. The molecule has 0 aliphatic rings. The van der Waals surface area contributed by atoms with E-state index in [0.29, 0.717) is 12.1 Å². The predicted molar refractivity (Wildman–Crippen MR) is 79.6 cm³/mol. The molecule has 0 aliphatic heterocycles. The highest BCUT2D eigenvalue weighted by atomic mass is 16.2. The highest BCUT2D eigenvalue weighted by molar-refractivity contribution is 5.99. The van der Waals surface area contributed by atoms with E-state index in [2.05, 4.69) is 10.3 Å². The van der Waals surface area contributed by atoms with Gasteiger partial charge >= 0.3 is 0 Å². The first-order valence-corrected chi connectivity index (χ1v) is 6.68. The van der Waals surface area contributed by atoms with Crippen LogP contribution < -0.4 is 5.32 Å². The summed E-state index contributed by atoms with van der Waals surface area (Å²) < 4.78 is 1.92. The normalized spacial score (nSPS) is 10.3. The molecule has 0 atom stereocenters. The van der Waals surface area contributed by atoms with E-state index in [1.165, 1.54) is 0 Å². The van der Waals surface area contributed by atoms with Gasteiger partial charge in [0.25, 0.3) is 5.91 Å². The molecule has 0 fully saturated rings. The van der Waals surface area contributed by atoms with Gasteiger partial charge in [0.15, 0.2) is 0 Å². The van der Waals surface area contributed by atoms with Gasteiger partial charge in [0.05, 0.1) is 12.1 Å². The summed E-state index contributed by atoms with van der Waals surface area (Å²) in [4.78, 5) is 18.4. The molecule has 0 aliphatic carbocycles. The molecule has 1 aromatic carbocycles. The molecular weight excluding hydrogens is 252 g/mol. The van der Waals surface area contributed by atoms with E-state index in [-0.39, 0.29) is 5.91 Å². The van der Waals surface area contributed by atoms with Gasteiger partial charge in [0.2, 0.25) is 0 Å². The van der Waals surface area contributed by atoms with Crippen molar-refractivity contribution in [3.63, 3.8) is 0 Å². The van der Waals surface area contributed by atoms with E-state index in [0.717, 1.165) is 18.1 Å². The van der Waals surface area contributed by atoms with Crippen molar-refractivity contribution in [1.29, 1.82) is 0 Å². The van der Waals surface area contributed by atoms with Gasteiger partial charge in [0, 0.05) is 38.7 Å². The molecule has 1 aromatic heterocycles. The number of carbonyl (C=O) groups is 1. The highest BCUT2D eigenvalue weighted by Crippen LogP contribution is 2.17. The Balaban J connectivity index is 2.16. The number of hydrogen-bond donors (Lipinski definition) is 1. The number of carbonyl (C=O) groups excluding carboxylic acids is 1. The number of aromatic nitrogens is 2. The van der Waals surface area contributed by atoms with Crippen LogP contribution in [0.2, 0.25) is 0 Å². The van der Waals surface area contributed by atoms with E-state index >= 15 is 0 Å². The smallest absolute Gasteiger partial charge is 0.256 e. The molecule has 0 radical (unpaired) electrons. The number of para-hydroxylation sites is 1. The van der Waals surface area contributed by atoms with Gasteiger partial charge in [-0.25, -0.2) is 4.98 Å². The zero-order valence-corrected chi connectivity index (χ0v) is 12.1. The molecule has 0 spiro atoms. The van der Waals surface area contributed by atoms with Crippen LogP contribution in [0.5, 0.6) is 0 Å². The molecule has 20 heavy (non-hydrogen) atoms. The number of benzene rings is 1. The van der Waals surface area contributed by atoms with Crippen molar-refractivity contribution in [2.45, 2.75) is 13.5 Å². The Morgan fingerprint density at radius 3 is 2.80 bits per heavy atom. The summed E-state index contributed by atoms with van der Waals surface area (Å²) in [6.07, 6.45) is 3.61. The molecule has 5 heteroatoms. The third-order valence-corrected chi connectivity index (χ3v) is 3.17. The lowest BCUT2D eigenvalue weighted by Crippen LogP contribution is -2.28. The van der Waals surface area contributed by atoms with Gasteiger partial charge in [-0.15, -0.1) is 0 Å². The predicted octanol–water partition coefficient (Wildman–Crippen LogP) is 2.12. The maximum Gasteiger partial charge on any atom is 0.256 e. The molecule has 5 nitrogen and oxygen atoms in total. The summed E-state index contributed by atoms with van der Waals surface area (Å²) in [6, 6.07) is 7.57. The van der Waals surface area contributed by atoms with Gasteiger partial charge in [0.1, 0.15) is 5.82 Å². The highest BCUT2D eigenvalue weighted by Gasteiger charge is 2.16. The third-order valence-electron chi connectivity index (χ3n) is 3.17. The summed E-state index contributed by atoms with van der Waals surface area (Å²) in [6.45, 7) is 3.29. The standard InChI is InChI=1S/C15H20N4O/c1-4-16-13-8-6-5-7-12(13)15(20)19(3)11-14-17-9-10-18(14)2/h5-10,16H,4,11H2,1-3H3. The number of rotatable bonds is 5. The average Bonchev–Trinajstić information content (AvgIpc) is 2.84. The van der Waals surface area contributed by atoms with Crippen molar-refractivity contribution >= 4 is 11.6 Å². The molecule has 2 aromatic rings. The number of imidazole rings is 1. The SMILES string of the molecule is CCNc1ccccc1C(=O)N(C)Cc1nccn1C. The van der Waals surface area contributed by atoms with Crippen LogP contribution in [0.25, 0.3) is 0 Å². The number of nitrogens with zero attached hydrogens (tertiary/aromatic N) is 3. The number of amides is 1. The van der Waals surface area contributed by atoms with Gasteiger partial charge in [-0.3, -0.25) is 4.79 Å². The van der Waals surface area contributed by atoms with Gasteiger partial charge < -0.3 is 14.8 Å². The minimum atomic E-state index is -0.00968.